The second kappa shape index (κ2) is 12.0. The van der Waals surface area contributed by atoms with Crippen LogP contribution in [0, 0.1) is 5.92 Å². The zero-order chi connectivity index (χ0) is 21.1. The number of hydrogen-bond donors (Lipinski definition) is 2. The van der Waals surface area contributed by atoms with Crippen LogP contribution in [0.5, 0.6) is 0 Å². The van der Waals surface area contributed by atoms with E-state index in [4.69, 9.17) is 0 Å². The second-order valence-corrected chi connectivity index (χ2v) is 7.56. The van der Waals surface area contributed by atoms with Crippen LogP contribution in [0.3, 0.4) is 0 Å². The van der Waals surface area contributed by atoms with Gasteiger partial charge < -0.3 is 5.32 Å². The first kappa shape index (κ1) is 22.6. The van der Waals surface area contributed by atoms with Crippen LogP contribution in [0.1, 0.15) is 56.0 Å². The van der Waals surface area contributed by atoms with E-state index >= 15 is 0 Å². The minimum Gasteiger partial charge on any atom is -0.351 e. The van der Waals surface area contributed by atoms with E-state index in [2.05, 4.69) is 29.6 Å². The molecule has 1 aromatic carbocycles. The lowest BCUT2D eigenvalue weighted by molar-refractivity contribution is -0.128. The van der Waals surface area contributed by atoms with Crippen LogP contribution >= 0.6 is 0 Å². The molecule has 0 saturated carbocycles. The van der Waals surface area contributed by atoms with Gasteiger partial charge >= 0.3 is 0 Å². The van der Waals surface area contributed by atoms with Crippen LogP contribution in [0.2, 0.25) is 0 Å². The number of pyridine rings is 1. The molecule has 2 rings (SSSR count). The highest BCUT2D eigenvalue weighted by molar-refractivity contribution is 5.94. The van der Waals surface area contributed by atoms with Crippen molar-refractivity contribution >= 4 is 11.8 Å². The molecule has 0 aliphatic carbocycles. The molecule has 0 fully saturated rings. The fraction of sp³-hybridized carbons (Fsp3) is 0.435. The summed E-state index contributed by atoms with van der Waals surface area (Å²) in [5.74, 6) is 0.160. The van der Waals surface area contributed by atoms with Gasteiger partial charge in [-0.2, -0.15) is 0 Å². The molecule has 1 heterocycles. The minimum absolute atomic E-state index is 0.0745. The van der Waals surface area contributed by atoms with E-state index in [0.717, 1.165) is 18.4 Å². The molecule has 6 nitrogen and oxygen atoms in total. The third-order valence-electron chi connectivity index (χ3n) is 4.69. The topological polar surface area (TPSA) is 74.3 Å². The first-order valence-electron chi connectivity index (χ1n) is 10.3. The highest BCUT2D eigenvalue weighted by Gasteiger charge is 2.27. The van der Waals surface area contributed by atoms with Gasteiger partial charge in [0.15, 0.2) is 0 Å². The molecule has 2 amide bonds. The predicted octanol–water partition coefficient (Wildman–Crippen LogP) is 3.56. The SMILES string of the molecule is CCCC(C(=O)NCc1ccccc1)N(CCC(C)C)NC(=O)c1ccncc1. The predicted molar refractivity (Wildman–Crippen MR) is 115 cm³/mol. The molecule has 6 heteroatoms. The molecule has 0 aliphatic heterocycles. The molecule has 2 aromatic rings. The third-order valence-corrected chi connectivity index (χ3v) is 4.69. The quantitative estimate of drug-likeness (QED) is 0.570. The average Bonchev–Trinajstić information content (AvgIpc) is 2.74. The molecule has 0 spiro atoms. The van der Waals surface area contributed by atoms with Crippen molar-refractivity contribution in [1.82, 2.24) is 20.7 Å². The molecule has 1 atom stereocenters. The van der Waals surface area contributed by atoms with Crippen molar-refractivity contribution in [2.24, 2.45) is 5.92 Å². The number of nitrogens with one attached hydrogen (secondary N) is 2. The first-order valence-corrected chi connectivity index (χ1v) is 10.3. The van der Waals surface area contributed by atoms with Crippen molar-refractivity contribution < 1.29 is 9.59 Å². The lowest BCUT2D eigenvalue weighted by Gasteiger charge is -2.31. The summed E-state index contributed by atoms with van der Waals surface area (Å²) in [6.07, 6.45) is 5.55. The Kier molecular flexibility index (Phi) is 9.31. The van der Waals surface area contributed by atoms with Gasteiger partial charge in [0.1, 0.15) is 6.04 Å². The zero-order valence-electron chi connectivity index (χ0n) is 17.6. The lowest BCUT2D eigenvalue weighted by atomic mass is 10.1. The van der Waals surface area contributed by atoms with E-state index in [1.807, 2.05) is 37.3 Å². The molecule has 1 unspecified atom stereocenters. The summed E-state index contributed by atoms with van der Waals surface area (Å²) in [4.78, 5) is 29.6. The molecule has 0 aliphatic rings. The smallest absolute Gasteiger partial charge is 0.265 e. The number of hydrogen-bond acceptors (Lipinski definition) is 4. The Morgan fingerprint density at radius 1 is 1.03 bits per heavy atom. The van der Waals surface area contributed by atoms with E-state index in [-0.39, 0.29) is 11.8 Å². The molecule has 0 saturated heterocycles. The average molecular weight is 397 g/mol. The van der Waals surface area contributed by atoms with Crippen LogP contribution in [0.4, 0.5) is 0 Å². The van der Waals surface area contributed by atoms with E-state index in [1.165, 1.54) is 0 Å². The number of rotatable bonds is 11. The van der Waals surface area contributed by atoms with Gasteiger partial charge in [-0.1, -0.05) is 57.5 Å². The molecule has 1 aromatic heterocycles. The van der Waals surface area contributed by atoms with Crippen LogP contribution in [0.25, 0.3) is 0 Å². The number of hydrazine groups is 1. The minimum atomic E-state index is -0.423. The third kappa shape index (κ3) is 7.66. The molecule has 156 valence electrons. The highest BCUT2D eigenvalue weighted by Crippen LogP contribution is 2.11. The van der Waals surface area contributed by atoms with Crippen molar-refractivity contribution in [3.63, 3.8) is 0 Å². The Bertz CT molecular complexity index is 750. The molecular weight excluding hydrogens is 364 g/mol. The fourth-order valence-corrected chi connectivity index (χ4v) is 2.99. The number of benzene rings is 1. The monoisotopic (exact) mass is 396 g/mol. The number of aromatic nitrogens is 1. The summed E-state index contributed by atoms with van der Waals surface area (Å²) < 4.78 is 0. The number of nitrogens with zero attached hydrogens (tertiary/aromatic N) is 2. The van der Waals surface area contributed by atoms with Crippen LogP contribution < -0.4 is 10.7 Å². The first-order chi connectivity index (χ1) is 14.0. The molecular formula is C23H32N4O2. The summed E-state index contributed by atoms with van der Waals surface area (Å²) in [5.41, 5.74) is 4.53. The van der Waals surface area contributed by atoms with Gasteiger partial charge in [-0.3, -0.25) is 20.0 Å². The molecule has 2 N–H and O–H groups in total. The Morgan fingerprint density at radius 3 is 2.34 bits per heavy atom. The van der Waals surface area contributed by atoms with Gasteiger partial charge in [-0.25, -0.2) is 5.01 Å². The Morgan fingerprint density at radius 2 is 1.72 bits per heavy atom. The second-order valence-electron chi connectivity index (χ2n) is 7.56. The molecule has 29 heavy (non-hydrogen) atoms. The van der Waals surface area contributed by atoms with Gasteiger partial charge in [0.25, 0.3) is 5.91 Å². The van der Waals surface area contributed by atoms with Gasteiger partial charge in [-0.15, -0.1) is 0 Å². The van der Waals surface area contributed by atoms with Crippen LogP contribution in [0.15, 0.2) is 54.9 Å². The van der Waals surface area contributed by atoms with E-state index in [0.29, 0.717) is 31.0 Å². The zero-order valence-corrected chi connectivity index (χ0v) is 17.6. The number of carbonyl (C=O) groups excluding carboxylic acids is 2. The lowest BCUT2D eigenvalue weighted by Crippen LogP contribution is -2.55. The largest absolute Gasteiger partial charge is 0.351 e. The van der Waals surface area contributed by atoms with Crippen molar-refractivity contribution in [1.29, 1.82) is 0 Å². The van der Waals surface area contributed by atoms with Crippen LogP contribution in [-0.4, -0.2) is 34.4 Å². The maximum atomic E-state index is 13.0. The van der Waals surface area contributed by atoms with E-state index < -0.39 is 6.04 Å². The van der Waals surface area contributed by atoms with Crippen molar-refractivity contribution in [3.05, 3.63) is 66.0 Å². The maximum Gasteiger partial charge on any atom is 0.265 e. The number of carbonyl (C=O) groups is 2. The normalized spacial score (nSPS) is 12.0. The fourth-order valence-electron chi connectivity index (χ4n) is 2.99. The Balaban J connectivity index is 2.11. The van der Waals surface area contributed by atoms with Gasteiger partial charge in [0, 0.05) is 31.0 Å². The highest BCUT2D eigenvalue weighted by atomic mass is 16.2. The summed E-state index contributed by atoms with van der Waals surface area (Å²) in [6, 6.07) is 12.7. The van der Waals surface area contributed by atoms with Crippen molar-refractivity contribution in [2.45, 2.75) is 52.6 Å². The molecule has 0 radical (unpaired) electrons. The van der Waals surface area contributed by atoms with E-state index in [9.17, 15) is 9.59 Å². The standard InChI is InChI=1S/C23H32N4O2/c1-4-8-21(23(29)25-17-19-9-6-5-7-10-19)27(16-13-18(2)3)26-22(28)20-11-14-24-15-12-20/h5-7,9-12,14-15,18,21H,4,8,13,16-17H2,1-3H3,(H,25,29)(H,26,28). The van der Waals surface area contributed by atoms with Crippen molar-refractivity contribution in [2.75, 3.05) is 6.54 Å². The van der Waals surface area contributed by atoms with Crippen molar-refractivity contribution in [3.8, 4) is 0 Å². The van der Waals surface area contributed by atoms with Gasteiger partial charge in [0.05, 0.1) is 0 Å². The summed E-state index contributed by atoms with van der Waals surface area (Å²) in [7, 11) is 0. The van der Waals surface area contributed by atoms with E-state index in [1.54, 1.807) is 29.5 Å². The molecule has 0 bridgehead atoms. The Labute approximate surface area is 173 Å². The van der Waals surface area contributed by atoms with Gasteiger partial charge in [0.2, 0.25) is 5.91 Å². The summed E-state index contributed by atoms with van der Waals surface area (Å²) in [5, 5.41) is 4.82. The van der Waals surface area contributed by atoms with Crippen LogP contribution in [-0.2, 0) is 11.3 Å². The summed E-state index contributed by atoms with van der Waals surface area (Å²) >= 11 is 0. The maximum absolute atomic E-state index is 13.0. The summed E-state index contributed by atoms with van der Waals surface area (Å²) in [6.45, 7) is 7.39. The van der Waals surface area contributed by atoms with Gasteiger partial charge in [-0.05, 0) is 36.5 Å². The number of amides is 2. The Hall–Kier alpha value is -2.73.